The quantitative estimate of drug-likeness (QED) is 0.616. The summed E-state index contributed by atoms with van der Waals surface area (Å²) in [6.07, 6.45) is 5.05. The molecule has 0 aromatic heterocycles. The van der Waals surface area contributed by atoms with E-state index in [1.165, 1.54) is 5.56 Å². The highest BCUT2D eigenvalue weighted by Gasteiger charge is 2.17. The van der Waals surface area contributed by atoms with E-state index in [1.54, 1.807) is 7.11 Å². The third kappa shape index (κ3) is 3.24. The van der Waals surface area contributed by atoms with Crippen LogP contribution in [0.4, 0.5) is 0 Å². The number of methoxy groups -OCH3 is 1. The summed E-state index contributed by atoms with van der Waals surface area (Å²) in [6, 6.07) is 8.03. The molecule has 1 atom stereocenters. The molecule has 0 amide bonds. The van der Waals surface area contributed by atoms with Gasteiger partial charge in [0, 0.05) is 0 Å². The first kappa shape index (κ1) is 12.9. The number of hydrogen-bond donors (Lipinski definition) is 2. The first-order valence-corrected chi connectivity index (χ1v) is 6.25. The lowest BCUT2D eigenvalue weighted by atomic mass is 10.0. The summed E-state index contributed by atoms with van der Waals surface area (Å²) in [5.74, 6) is 7.43. The lowest BCUT2D eigenvalue weighted by Gasteiger charge is -2.23. The Labute approximate surface area is 108 Å². The van der Waals surface area contributed by atoms with E-state index in [1.807, 2.05) is 18.2 Å². The van der Waals surface area contributed by atoms with E-state index in [9.17, 15) is 0 Å². The van der Waals surface area contributed by atoms with E-state index in [4.69, 9.17) is 15.3 Å². The van der Waals surface area contributed by atoms with Gasteiger partial charge in [-0.05, 0) is 43.0 Å². The fraction of sp³-hybridized carbons (Fsp3) is 0.429. The molecule has 1 aliphatic heterocycles. The molecular weight excluding hydrogens is 228 g/mol. The zero-order valence-corrected chi connectivity index (χ0v) is 10.7. The SMILES string of the molecule is COc1cccc(CC(NN)C2=CCCCO2)c1. The van der Waals surface area contributed by atoms with Crippen LogP contribution in [0.5, 0.6) is 5.75 Å². The molecule has 0 fully saturated rings. The van der Waals surface area contributed by atoms with Crippen LogP contribution in [-0.2, 0) is 11.2 Å². The molecule has 4 heteroatoms. The van der Waals surface area contributed by atoms with E-state index >= 15 is 0 Å². The molecule has 98 valence electrons. The molecule has 1 aromatic carbocycles. The second-order valence-corrected chi connectivity index (χ2v) is 4.37. The smallest absolute Gasteiger partial charge is 0.119 e. The van der Waals surface area contributed by atoms with Crippen molar-refractivity contribution >= 4 is 0 Å². The molecule has 3 N–H and O–H groups in total. The van der Waals surface area contributed by atoms with Gasteiger partial charge < -0.3 is 9.47 Å². The van der Waals surface area contributed by atoms with Crippen LogP contribution in [0.15, 0.2) is 36.1 Å². The van der Waals surface area contributed by atoms with Crippen molar-refractivity contribution < 1.29 is 9.47 Å². The van der Waals surface area contributed by atoms with E-state index in [-0.39, 0.29) is 6.04 Å². The van der Waals surface area contributed by atoms with E-state index in [0.717, 1.165) is 37.4 Å². The second kappa shape index (κ2) is 6.42. The van der Waals surface area contributed by atoms with Crippen LogP contribution in [0.25, 0.3) is 0 Å². The Hall–Kier alpha value is -1.52. The van der Waals surface area contributed by atoms with Crippen LogP contribution in [-0.4, -0.2) is 19.8 Å². The Morgan fingerprint density at radius 3 is 3.06 bits per heavy atom. The van der Waals surface area contributed by atoms with Crippen LogP contribution in [0.1, 0.15) is 18.4 Å². The van der Waals surface area contributed by atoms with Gasteiger partial charge in [0.15, 0.2) is 0 Å². The average Bonchev–Trinajstić information content (AvgIpc) is 2.46. The maximum atomic E-state index is 5.65. The molecule has 0 bridgehead atoms. The maximum Gasteiger partial charge on any atom is 0.119 e. The molecule has 4 nitrogen and oxygen atoms in total. The van der Waals surface area contributed by atoms with Crippen LogP contribution >= 0.6 is 0 Å². The standard InChI is InChI=1S/C14H20N2O2/c1-17-12-6-4-5-11(9-12)10-13(16-15)14-7-2-3-8-18-14/h4-7,9,13,16H,2-3,8,10,15H2,1H3. The number of ether oxygens (including phenoxy) is 2. The molecule has 18 heavy (non-hydrogen) atoms. The summed E-state index contributed by atoms with van der Waals surface area (Å²) in [6.45, 7) is 0.780. The predicted molar refractivity (Wildman–Crippen MR) is 71.1 cm³/mol. The van der Waals surface area contributed by atoms with Gasteiger partial charge in [-0.25, -0.2) is 5.43 Å². The number of nitrogens with two attached hydrogens (primary N) is 1. The number of benzene rings is 1. The molecule has 0 radical (unpaired) electrons. The Bertz CT molecular complexity index is 418. The zero-order valence-electron chi connectivity index (χ0n) is 10.7. The highest BCUT2D eigenvalue weighted by atomic mass is 16.5. The van der Waals surface area contributed by atoms with Gasteiger partial charge in [-0.2, -0.15) is 0 Å². The van der Waals surface area contributed by atoms with Crippen molar-refractivity contribution in [1.29, 1.82) is 0 Å². The van der Waals surface area contributed by atoms with Crippen LogP contribution in [0, 0.1) is 0 Å². The Morgan fingerprint density at radius 1 is 1.50 bits per heavy atom. The summed E-state index contributed by atoms with van der Waals surface area (Å²) in [4.78, 5) is 0. The van der Waals surface area contributed by atoms with Crippen LogP contribution in [0.3, 0.4) is 0 Å². The van der Waals surface area contributed by atoms with Gasteiger partial charge in [-0.15, -0.1) is 0 Å². The molecule has 0 saturated carbocycles. The summed E-state index contributed by atoms with van der Waals surface area (Å²) >= 11 is 0. The number of nitrogens with one attached hydrogen (secondary N) is 1. The minimum atomic E-state index is 0.0254. The molecule has 2 rings (SSSR count). The summed E-state index contributed by atoms with van der Waals surface area (Å²) in [7, 11) is 1.67. The third-order valence-corrected chi connectivity index (χ3v) is 3.08. The first-order valence-electron chi connectivity index (χ1n) is 6.25. The van der Waals surface area contributed by atoms with E-state index in [0.29, 0.717) is 0 Å². The fourth-order valence-corrected chi connectivity index (χ4v) is 2.10. The van der Waals surface area contributed by atoms with Crippen molar-refractivity contribution in [2.75, 3.05) is 13.7 Å². The fourth-order valence-electron chi connectivity index (χ4n) is 2.10. The number of allylic oxidation sites excluding steroid dienone is 1. The van der Waals surface area contributed by atoms with Crippen molar-refractivity contribution in [3.8, 4) is 5.75 Å². The topological polar surface area (TPSA) is 56.5 Å². The second-order valence-electron chi connectivity index (χ2n) is 4.37. The number of rotatable bonds is 5. The van der Waals surface area contributed by atoms with Crippen molar-refractivity contribution in [1.82, 2.24) is 5.43 Å². The van der Waals surface area contributed by atoms with Gasteiger partial charge in [-0.3, -0.25) is 5.84 Å². The Kier molecular flexibility index (Phi) is 4.61. The van der Waals surface area contributed by atoms with Crippen molar-refractivity contribution in [3.63, 3.8) is 0 Å². The first-order chi connectivity index (χ1) is 8.83. The largest absolute Gasteiger partial charge is 0.497 e. The molecule has 0 aliphatic carbocycles. The molecule has 1 aromatic rings. The van der Waals surface area contributed by atoms with Gasteiger partial charge in [0.25, 0.3) is 0 Å². The van der Waals surface area contributed by atoms with Crippen molar-refractivity contribution in [2.24, 2.45) is 5.84 Å². The lowest BCUT2D eigenvalue weighted by molar-refractivity contribution is 0.167. The molecule has 1 unspecified atom stereocenters. The predicted octanol–water partition coefficient (Wildman–Crippen LogP) is 1.76. The summed E-state index contributed by atoms with van der Waals surface area (Å²) in [5, 5.41) is 0. The molecule has 0 spiro atoms. The van der Waals surface area contributed by atoms with Gasteiger partial charge in [-0.1, -0.05) is 12.1 Å². The summed E-state index contributed by atoms with van der Waals surface area (Å²) < 4.78 is 10.9. The van der Waals surface area contributed by atoms with Crippen molar-refractivity contribution in [3.05, 3.63) is 41.7 Å². The van der Waals surface area contributed by atoms with Gasteiger partial charge >= 0.3 is 0 Å². The zero-order chi connectivity index (χ0) is 12.8. The summed E-state index contributed by atoms with van der Waals surface area (Å²) in [5.41, 5.74) is 4.00. The maximum absolute atomic E-state index is 5.65. The molecular formula is C14H20N2O2. The Morgan fingerprint density at radius 2 is 2.39 bits per heavy atom. The van der Waals surface area contributed by atoms with Gasteiger partial charge in [0.2, 0.25) is 0 Å². The average molecular weight is 248 g/mol. The van der Waals surface area contributed by atoms with Gasteiger partial charge in [0.1, 0.15) is 11.5 Å². The third-order valence-electron chi connectivity index (χ3n) is 3.08. The minimum absolute atomic E-state index is 0.0254. The minimum Gasteiger partial charge on any atom is -0.497 e. The highest BCUT2D eigenvalue weighted by molar-refractivity contribution is 5.30. The molecule has 1 aliphatic rings. The highest BCUT2D eigenvalue weighted by Crippen LogP contribution is 2.19. The Balaban J connectivity index is 2.07. The van der Waals surface area contributed by atoms with Crippen molar-refractivity contribution in [2.45, 2.75) is 25.3 Å². The molecule has 1 heterocycles. The monoisotopic (exact) mass is 248 g/mol. The number of hydrogen-bond acceptors (Lipinski definition) is 4. The van der Waals surface area contributed by atoms with Gasteiger partial charge in [0.05, 0.1) is 19.8 Å². The van der Waals surface area contributed by atoms with E-state index in [2.05, 4.69) is 17.6 Å². The number of hydrazine groups is 1. The lowest BCUT2D eigenvalue weighted by Crippen LogP contribution is -2.39. The molecule has 0 saturated heterocycles. The normalized spacial score (nSPS) is 16.7. The van der Waals surface area contributed by atoms with E-state index < -0.39 is 0 Å². The van der Waals surface area contributed by atoms with Crippen LogP contribution < -0.4 is 16.0 Å². The van der Waals surface area contributed by atoms with Crippen LogP contribution in [0.2, 0.25) is 0 Å².